The van der Waals surface area contributed by atoms with E-state index in [9.17, 15) is 13.2 Å². The number of alkyl halides is 3. The molecule has 2 bridgehead atoms. The van der Waals surface area contributed by atoms with Gasteiger partial charge in [0.05, 0.1) is 0 Å². The number of hydrogen-bond acceptors (Lipinski definition) is 1. The van der Waals surface area contributed by atoms with Crippen molar-refractivity contribution < 1.29 is 17.9 Å². The zero-order valence-corrected chi connectivity index (χ0v) is 17.7. The largest absolute Gasteiger partial charge is 0.490 e. The summed E-state index contributed by atoms with van der Waals surface area (Å²) in [7, 11) is 0. The van der Waals surface area contributed by atoms with Crippen LogP contribution in [0.5, 0.6) is 5.75 Å². The summed E-state index contributed by atoms with van der Waals surface area (Å²) in [6.07, 6.45) is 13.1. The summed E-state index contributed by atoms with van der Waals surface area (Å²) in [5, 5.41) is 0. The Hall–Kier alpha value is -1.45. The summed E-state index contributed by atoms with van der Waals surface area (Å²) in [5.74, 6) is 0.630. The molecule has 3 fully saturated rings. The highest BCUT2D eigenvalue weighted by molar-refractivity contribution is 5.34. The Kier molecular flexibility index (Phi) is 7.34. The van der Waals surface area contributed by atoms with Gasteiger partial charge < -0.3 is 4.74 Å². The van der Waals surface area contributed by atoms with Crippen LogP contribution in [0.4, 0.5) is 13.2 Å². The summed E-state index contributed by atoms with van der Waals surface area (Å²) in [4.78, 5) is 0. The fraction of sp³-hybridized carbons (Fsp3) is 0.680. The second-order valence-corrected chi connectivity index (χ2v) is 9.22. The molecular formula is C25H35F3O. The highest BCUT2D eigenvalue weighted by Crippen LogP contribution is 2.59. The number of hydrogen-bond donors (Lipinski definition) is 0. The van der Waals surface area contributed by atoms with Crippen molar-refractivity contribution in [1.29, 1.82) is 0 Å². The van der Waals surface area contributed by atoms with Gasteiger partial charge in [0.25, 0.3) is 0 Å². The number of fused-ring (bicyclic) bond motifs is 3. The molecule has 0 amide bonds. The summed E-state index contributed by atoms with van der Waals surface area (Å²) in [6.45, 7) is 2.20. The molecule has 1 aromatic carbocycles. The van der Waals surface area contributed by atoms with Gasteiger partial charge in [-0.3, -0.25) is 0 Å². The number of ether oxygens (including phenoxy) is 1. The molecule has 4 heteroatoms. The summed E-state index contributed by atoms with van der Waals surface area (Å²) in [6, 6.07) is 8.09. The SMILES string of the molecule is CCCCCCCC12CCC(c3ccc(OC/C=C/C(F)(F)F)cc3)(CC1)CC2. The van der Waals surface area contributed by atoms with Crippen molar-refractivity contribution in [1.82, 2.24) is 0 Å². The van der Waals surface area contributed by atoms with Crippen LogP contribution in [0.3, 0.4) is 0 Å². The molecule has 29 heavy (non-hydrogen) atoms. The second-order valence-electron chi connectivity index (χ2n) is 9.22. The normalized spacial score (nSPS) is 26.9. The van der Waals surface area contributed by atoms with Gasteiger partial charge in [0.15, 0.2) is 0 Å². The van der Waals surface area contributed by atoms with Crippen LogP contribution in [0, 0.1) is 5.41 Å². The van der Waals surface area contributed by atoms with E-state index in [4.69, 9.17) is 4.74 Å². The van der Waals surface area contributed by atoms with Crippen LogP contribution < -0.4 is 4.74 Å². The molecular weight excluding hydrogens is 373 g/mol. The van der Waals surface area contributed by atoms with E-state index in [1.165, 1.54) is 82.6 Å². The van der Waals surface area contributed by atoms with Gasteiger partial charge in [0, 0.05) is 6.08 Å². The monoisotopic (exact) mass is 408 g/mol. The molecule has 1 aromatic rings. The topological polar surface area (TPSA) is 9.23 Å². The van der Waals surface area contributed by atoms with E-state index in [-0.39, 0.29) is 12.7 Å². The molecule has 3 aliphatic carbocycles. The Bertz CT molecular complexity index is 635. The van der Waals surface area contributed by atoms with E-state index < -0.39 is 6.18 Å². The second kappa shape index (κ2) is 9.57. The molecule has 0 heterocycles. The predicted molar refractivity (Wildman–Crippen MR) is 112 cm³/mol. The van der Waals surface area contributed by atoms with Crippen LogP contribution in [-0.2, 0) is 5.41 Å². The summed E-state index contributed by atoms with van der Waals surface area (Å²) >= 11 is 0. The molecule has 0 unspecified atom stereocenters. The van der Waals surface area contributed by atoms with Crippen LogP contribution in [0.25, 0.3) is 0 Å². The summed E-state index contributed by atoms with van der Waals surface area (Å²) < 4.78 is 41.8. The first-order chi connectivity index (χ1) is 13.9. The van der Waals surface area contributed by atoms with Crippen molar-refractivity contribution in [3.05, 3.63) is 42.0 Å². The number of allylic oxidation sites excluding steroid dienone is 1. The van der Waals surface area contributed by atoms with Crippen LogP contribution in [-0.4, -0.2) is 12.8 Å². The van der Waals surface area contributed by atoms with Gasteiger partial charge in [-0.2, -0.15) is 13.2 Å². The average molecular weight is 409 g/mol. The Labute approximate surface area is 173 Å². The van der Waals surface area contributed by atoms with Crippen LogP contribution in [0.15, 0.2) is 36.4 Å². The van der Waals surface area contributed by atoms with E-state index in [2.05, 4.69) is 19.1 Å². The first-order valence-electron chi connectivity index (χ1n) is 11.3. The lowest BCUT2D eigenvalue weighted by Crippen LogP contribution is -2.44. The average Bonchev–Trinajstić information content (AvgIpc) is 2.72. The van der Waals surface area contributed by atoms with Crippen LogP contribution in [0.1, 0.15) is 89.5 Å². The standard InChI is InChI=1S/C25H35F3O/c1-2-3-4-5-6-12-23-14-17-24(18-15-23,19-16-23)21-8-10-22(11-9-21)29-20-7-13-25(26,27)28/h7-11,13H,2-6,12,14-20H2,1H3/b13-7+. The molecule has 0 aromatic heterocycles. The Morgan fingerprint density at radius 2 is 1.52 bits per heavy atom. The van der Waals surface area contributed by atoms with E-state index in [0.29, 0.717) is 16.6 Å². The highest BCUT2D eigenvalue weighted by atomic mass is 19.4. The Morgan fingerprint density at radius 3 is 2.10 bits per heavy atom. The van der Waals surface area contributed by atoms with Crippen molar-refractivity contribution in [2.24, 2.45) is 5.41 Å². The van der Waals surface area contributed by atoms with Gasteiger partial charge in [-0.05, 0) is 79.5 Å². The Morgan fingerprint density at radius 1 is 0.897 bits per heavy atom. The molecule has 0 radical (unpaired) electrons. The van der Waals surface area contributed by atoms with Crippen molar-refractivity contribution in [2.75, 3.05) is 6.61 Å². The lowest BCUT2D eigenvalue weighted by Gasteiger charge is -2.54. The molecule has 0 saturated heterocycles. The number of halogens is 3. The van der Waals surface area contributed by atoms with Crippen LogP contribution in [0.2, 0.25) is 0 Å². The third-order valence-corrected chi connectivity index (χ3v) is 7.33. The fourth-order valence-electron chi connectivity index (χ4n) is 5.41. The zero-order chi connectivity index (χ0) is 20.8. The minimum atomic E-state index is -4.28. The smallest absolute Gasteiger partial charge is 0.409 e. The maximum absolute atomic E-state index is 12.1. The molecule has 0 spiro atoms. The zero-order valence-electron chi connectivity index (χ0n) is 17.7. The number of rotatable bonds is 10. The molecule has 0 N–H and O–H groups in total. The van der Waals surface area contributed by atoms with Crippen molar-refractivity contribution >= 4 is 0 Å². The predicted octanol–water partition coefficient (Wildman–Crippen LogP) is 8.14. The lowest BCUT2D eigenvalue weighted by molar-refractivity contribution is -0.0801. The molecule has 4 rings (SSSR count). The lowest BCUT2D eigenvalue weighted by atomic mass is 9.51. The molecule has 162 valence electrons. The number of unbranched alkanes of at least 4 members (excludes halogenated alkanes) is 4. The molecule has 0 aliphatic heterocycles. The van der Waals surface area contributed by atoms with Crippen molar-refractivity contribution in [2.45, 2.75) is 95.6 Å². The maximum Gasteiger partial charge on any atom is 0.409 e. The molecule has 3 aliphatic rings. The van der Waals surface area contributed by atoms with Gasteiger partial charge in [-0.1, -0.05) is 51.2 Å². The molecule has 3 saturated carbocycles. The molecule has 0 atom stereocenters. The third kappa shape index (κ3) is 6.02. The Balaban J connectivity index is 1.49. The van der Waals surface area contributed by atoms with Gasteiger partial charge in [0.1, 0.15) is 12.4 Å². The van der Waals surface area contributed by atoms with E-state index >= 15 is 0 Å². The first kappa shape index (κ1) is 22.2. The van der Waals surface area contributed by atoms with Crippen molar-refractivity contribution in [3.63, 3.8) is 0 Å². The summed E-state index contributed by atoms with van der Waals surface area (Å²) in [5.41, 5.74) is 2.28. The van der Waals surface area contributed by atoms with Crippen molar-refractivity contribution in [3.8, 4) is 5.75 Å². The molecule has 1 nitrogen and oxygen atoms in total. The van der Waals surface area contributed by atoms with Gasteiger partial charge in [0.2, 0.25) is 0 Å². The number of benzene rings is 1. The van der Waals surface area contributed by atoms with Crippen LogP contribution >= 0.6 is 0 Å². The minimum absolute atomic E-state index is 0.0647. The van der Waals surface area contributed by atoms with Gasteiger partial charge >= 0.3 is 6.18 Å². The maximum atomic E-state index is 12.1. The quantitative estimate of drug-likeness (QED) is 0.280. The third-order valence-electron chi connectivity index (χ3n) is 7.33. The highest BCUT2D eigenvalue weighted by Gasteiger charge is 2.48. The first-order valence-corrected chi connectivity index (χ1v) is 11.3. The fourth-order valence-corrected chi connectivity index (χ4v) is 5.41. The van der Waals surface area contributed by atoms with E-state index in [1.807, 2.05) is 12.1 Å². The van der Waals surface area contributed by atoms with Gasteiger partial charge in [-0.15, -0.1) is 0 Å². The minimum Gasteiger partial charge on any atom is -0.490 e. The van der Waals surface area contributed by atoms with Gasteiger partial charge in [-0.25, -0.2) is 0 Å². The van der Waals surface area contributed by atoms with E-state index in [1.54, 1.807) is 0 Å². The van der Waals surface area contributed by atoms with E-state index in [0.717, 1.165) is 6.08 Å².